The van der Waals surface area contributed by atoms with E-state index in [1.165, 1.54) is 10.4 Å². The Bertz CT molecular complexity index is 1050. The molecule has 0 saturated carbocycles. The molecule has 2 fully saturated rings. The predicted octanol–water partition coefficient (Wildman–Crippen LogP) is 3.71. The molecule has 0 spiro atoms. The molecule has 9 heteroatoms. The first-order valence-electron chi connectivity index (χ1n) is 10.8. The van der Waals surface area contributed by atoms with Crippen LogP contribution >= 0.6 is 11.6 Å². The molecule has 2 aliphatic heterocycles. The Kier molecular flexibility index (Phi) is 7.35. The lowest BCUT2D eigenvalue weighted by atomic mass is 10.1. The molecule has 172 valence electrons. The van der Waals surface area contributed by atoms with Crippen molar-refractivity contribution in [3.63, 3.8) is 0 Å². The number of carbonyl (C=O) groups is 1. The van der Waals surface area contributed by atoms with Crippen molar-refractivity contribution >= 4 is 33.3 Å². The summed E-state index contributed by atoms with van der Waals surface area (Å²) < 4.78 is 38.9. The minimum absolute atomic E-state index is 0.0711. The number of morpholine rings is 1. The van der Waals surface area contributed by atoms with Gasteiger partial charge in [0.25, 0.3) is 0 Å². The zero-order valence-electron chi connectivity index (χ0n) is 17.8. The van der Waals surface area contributed by atoms with Crippen LogP contribution < -0.4 is 4.90 Å². The van der Waals surface area contributed by atoms with Gasteiger partial charge in [0.1, 0.15) is 6.61 Å². The third-order valence-corrected chi connectivity index (χ3v) is 7.92. The second kappa shape index (κ2) is 10.2. The lowest BCUT2D eigenvalue weighted by Crippen LogP contribution is -2.38. The molecular weight excluding hydrogens is 452 g/mol. The largest absolute Gasteiger partial charge is 0.457 e. The standard InChI is InChI=1S/C23H27ClN2O5S/c24-19-6-4-18(5-7-19)17-31-23(27)21-16-20(32(28,29)26-10-2-1-3-11-26)8-9-22(21)25-12-14-30-15-13-25/h4-9,16H,1-3,10-15,17H2. The van der Waals surface area contributed by atoms with Crippen molar-refractivity contribution < 1.29 is 22.7 Å². The Morgan fingerprint density at radius 2 is 1.66 bits per heavy atom. The maximum absolute atomic E-state index is 13.2. The number of ether oxygens (including phenoxy) is 2. The number of anilines is 1. The summed E-state index contributed by atoms with van der Waals surface area (Å²) >= 11 is 5.92. The average Bonchev–Trinajstić information content (AvgIpc) is 2.84. The molecule has 2 heterocycles. The van der Waals surface area contributed by atoms with Crippen molar-refractivity contribution in [2.45, 2.75) is 30.8 Å². The molecule has 2 aliphatic rings. The second-order valence-corrected chi connectivity index (χ2v) is 10.3. The van der Waals surface area contributed by atoms with Crippen LogP contribution in [-0.2, 0) is 26.1 Å². The van der Waals surface area contributed by atoms with Crippen LogP contribution in [0.5, 0.6) is 0 Å². The first-order chi connectivity index (χ1) is 15.4. The van der Waals surface area contributed by atoms with E-state index in [1.807, 2.05) is 4.90 Å². The molecule has 0 atom stereocenters. The van der Waals surface area contributed by atoms with E-state index in [-0.39, 0.29) is 17.1 Å². The highest BCUT2D eigenvalue weighted by Gasteiger charge is 2.29. The van der Waals surface area contributed by atoms with Crippen molar-refractivity contribution in [1.29, 1.82) is 0 Å². The van der Waals surface area contributed by atoms with E-state index in [1.54, 1.807) is 36.4 Å². The van der Waals surface area contributed by atoms with Crippen LogP contribution in [0.4, 0.5) is 5.69 Å². The maximum Gasteiger partial charge on any atom is 0.340 e. The van der Waals surface area contributed by atoms with Crippen molar-refractivity contribution in [3.05, 3.63) is 58.6 Å². The lowest BCUT2D eigenvalue weighted by Gasteiger charge is -2.31. The van der Waals surface area contributed by atoms with E-state index >= 15 is 0 Å². The van der Waals surface area contributed by atoms with Gasteiger partial charge in [0, 0.05) is 31.2 Å². The second-order valence-electron chi connectivity index (χ2n) is 7.95. The van der Waals surface area contributed by atoms with Gasteiger partial charge in [-0.25, -0.2) is 13.2 Å². The van der Waals surface area contributed by atoms with Gasteiger partial charge in [-0.05, 0) is 48.7 Å². The number of halogens is 1. The molecule has 2 aromatic rings. The summed E-state index contributed by atoms with van der Waals surface area (Å²) in [6, 6.07) is 11.8. The first-order valence-corrected chi connectivity index (χ1v) is 12.7. The number of nitrogens with zero attached hydrogens (tertiary/aromatic N) is 2. The molecule has 4 rings (SSSR count). The average molecular weight is 479 g/mol. The molecule has 2 saturated heterocycles. The quantitative estimate of drug-likeness (QED) is 0.589. The van der Waals surface area contributed by atoms with Crippen LogP contribution in [0.3, 0.4) is 0 Å². The van der Waals surface area contributed by atoms with Crippen molar-refractivity contribution in [2.24, 2.45) is 0 Å². The SMILES string of the molecule is O=C(OCc1ccc(Cl)cc1)c1cc(S(=O)(=O)N2CCCCC2)ccc1N1CCOCC1. The number of piperidine rings is 1. The Morgan fingerprint density at radius 1 is 0.969 bits per heavy atom. The van der Waals surface area contributed by atoms with Crippen LogP contribution in [0.1, 0.15) is 35.2 Å². The predicted molar refractivity (Wildman–Crippen MR) is 123 cm³/mol. The van der Waals surface area contributed by atoms with Crippen molar-refractivity contribution in [2.75, 3.05) is 44.3 Å². The summed E-state index contributed by atoms with van der Waals surface area (Å²) in [5, 5.41) is 0.602. The third kappa shape index (κ3) is 5.26. The highest BCUT2D eigenvalue weighted by molar-refractivity contribution is 7.89. The van der Waals surface area contributed by atoms with Gasteiger partial charge < -0.3 is 14.4 Å². The number of benzene rings is 2. The van der Waals surface area contributed by atoms with E-state index in [0.29, 0.717) is 50.1 Å². The molecule has 0 amide bonds. The van der Waals surface area contributed by atoms with Crippen LogP contribution in [0.2, 0.25) is 5.02 Å². The van der Waals surface area contributed by atoms with Gasteiger partial charge in [0.2, 0.25) is 10.0 Å². The topological polar surface area (TPSA) is 76.2 Å². The zero-order chi connectivity index (χ0) is 22.6. The number of hydrogen-bond donors (Lipinski definition) is 0. The molecule has 0 unspecified atom stereocenters. The Hall–Kier alpha value is -2.13. The Balaban J connectivity index is 1.62. The fourth-order valence-corrected chi connectivity index (χ4v) is 5.65. The number of hydrogen-bond acceptors (Lipinski definition) is 6. The third-order valence-electron chi connectivity index (χ3n) is 5.78. The summed E-state index contributed by atoms with van der Waals surface area (Å²) in [6.45, 7) is 3.42. The minimum Gasteiger partial charge on any atom is -0.457 e. The monoisotopic (exact) mass is 478 g/mol. The van der Waals surface area contributed by atoms with Crippen LogP contribution in [0, 0.1) is 0 Å². The van der Waals surface area contributed by atoms with Gasteiger partial charge in [0.15, 0.2) is 0 Å². The molecule has 0 bridgehead atoms. The van der Waals surface area contributed by atoms with Gasteiger partial charge in [-0.15, -0.1) is 0 Å². The van der Waals surface area contributed by atoms with E-state index in [0.717, 1.165) is 24.8 Å². The first kappa shape index (κ1) is 23.0. The lowest BCUT2D eigenvalue weighted by molar-refractivity contribution is 0.0472. The van der Waals surface area contributed by atoms with Gasteiger partial charge >= 0.3 is 5.97 Å². The molecular formula is C23H27ClN2O5S. The van der Waals surface area contributed by atoms with E-state index in [4.69, 9.17) is 21.1 Å². The van der Waals surface area contributed by atoms with E-state index < -0.39 is 16.0 Å². The van der Waals surface area contributed by atoms with Crippen molar-refractivity contribution in [3.8, 4) is 0 Å². The van der Waals surface area contributed by atoms with Gasteiger partial charge in [0.05, 0.1) is 29.4 Å². The summed E-state index contributed by atoms with van der Waals surface area (Å²) in [5.74, 6) is -0.558. The zero-order valence-corrected chi connectivity index (χ0v) is 19.4. The molecule has 7 nitrogen and oxygen atoms in total. The van der Waals surface area contributed by atoms with Crippen molar-refractivity contribution in [1.82, 2.24) is 4.31 Å². The van der Waals surface area contributed by atoms with Crippen LogP contribution in [0.25, 0.3) is 0 Å². The minimum atomic E-state index is -3.67. The van der Waals surface area contributed by atoms with Gasteiger partial charge in [-0.1, -0.05) is 30.2 Å². The van der Waals surface area contributed by atoms with E-state index in [2.05, 4.69) is 0 Å². The fourth-order valence-electron chi connectivity index (χ4n) is 3.98. The fraction of sp³-hybridized carbons (Fsp3) is 0.435. The summed E-state index contributed by atoms with van der Waals surface area (Å²) in [6.07, 6.45) is 2.73. The number of sulfonamides is 1. The number of carbonyl (C=O) groups excluding carboxylic acids is 1. The number of rotatable bonds is 6. The summed E-state index contributed by atoms with van der Waals surface area (Å²) in [5.41, 5.74) is 1.71. The Labute approximate surface area is 193 Å². The van der Waals surface area contributed by atoms with Gasteiger partial charge in [-0.2, -0.15) is 4.31 Å². The smallest absolute Gasteiger partial charge is 0.340 e. The maximum atomic E-state index is 13.2. The number of esters is 1. The van der Waals surface area contributed by atoms with Crippen LogP contribution in [0.15, 0.2) is 47.4 Å². The molecule has 0 radical (unpaired) electrons. The molecule has 0 N–H and O–H groups in total. The highest BCUT2D eigenvalue weighted by atomic mass is 35.5. The normalized spacial score (nSPS) is 17.8. The van der Waals surface area contributed by atoms with Gasteiger partial charge in [-0.3, -0.25) is 0 Å². The Morgan fingerprint density at radius 3 is 2.34 bits per heavy atom. The summed E-state index contributed by atoms with van der Waals surface area (Å²) in [7, 11) is -3.67. The molecule has 2 aromatic carbocycles. The molecule has 0 aromatic heterocycles. The van der Waals surface area contributed by atoms with E-state index in [9.17, 15) is 13.2 Å². The van der Waals surface area contributed by atoms with Crippen LogP contribution in [-0.4, -0.2) is 58.1 Å². The molecule has 0 aliphatic carbocycles. The summed E-state index contributed by atoms with van der Waals surface area (Å²) in [4.78, 5) is 15.2. The highest BCUT2D eigenvalue weighted by Crippen LogP contribution is 2.29. The molecule has 32 heavy (non-hydrogen) atoms.